The van der Waals surface area contributed by atoms with Crippen LogP contribution in [0.5, 0.6) is 0 Å². The van der Waals surface area contributed by atoms with Crippen LogP contribution in [-0.4, -0.2) is 40.1 Å². The van der Waals surface area contributed by atoms with E-state index >= 15 is 0 Å². The molecule has 0 spiro atoms. The Labute approximate surface area is 133 Å². The Morgan fingerprint density at radius 1 is 1.48 bits per heavy atom. The van der Waals surface area contributed by atoms with E-state index in [0.29, 0.717) is 35.8 Å². The van der Waals surface area contributed by atoms with Gasteiger partial charge in [0.05, 0.1) is 13.2 Å². The van der Waals surface area contributed by atoms with Gasteiger partial charge in [0, 0.05) is 18.7 Å². The highest BCUT2D eigenvalue weighted by molar-refractivity contribution is 7.80. The Morgan fingerprint density at radius 2 is 2.33 bits per heavy atom. The van der Waals surface area contributed by atoms with Gasteiger partial charge in [-0.2, -0.15) is 0 Å². The summed E-state index contributed by atoms with van der Waals surface area (Å²) in [4.78, 5) is 4.15. The van der Waals surface area contributed by atoms with Crippen LogP contribution in [0.25, 0.3) is 0 Å². The minimum atomic E-state index is 0.451. The molecule has 2 rings (SSSR count). The topological polar surface area (TPSA) is 64.0 Å². The number of rotatable bonds is 6. The molecule has 0 aliphatic rings. The van der Waals surface area contributed by atoms with Gasteiger partial charge in [0.25, 0.3) is 0 Å². The highest BCUT2D eigenvalue weighted by Crippen LogP contribution is 2.11. The zero-order valence-electron chi connectivity index (χ0n) is 11.5. The second-order valence-corrected chi connectivity index (χ2v) is 5.11. The van der Waals surface area contributed by atoms with E-state index in [0.717, 1.165) is 5.56 Å². The summed E-state index contributed by atoms with van der Waals surface area (Å²) >= 11 is 11.1. The summed E-state index contributed by atoms with van der Waals surface area (Å²) in [6.45, 7) is 1.81. The molecule has 1 aromatic heterocycles. The van der Waals surface area contributed by atoms with Crippen molar-refractivity contribution in [2.45, 2.75) is 6.54 Å². The average Bonchev–Trinajstić information content (AvgIpc) is 2.86. The molecule has 0 aliphatic heterocycles. The Balaban J connectivity index is 1.88. The predicted octanol–water partition coefficient (Wildman–Crippen LogP) is 1.91. The molecule has 1 aromatic carbocycles. The van der Waals surface area contributed by atoms with Crippen LogP contribution in [-0.2, 0) is 11.3 Å². The van der Waals surface area contributed by atoms with Crippen molar-refractivity contribution >= 4 is 34.9 Å². The molecule has 6 nitrogen and oxygen atoms in total. The van der Waals surface area contributed by atoms with Gasteiger partial charge in [0.2, 0.25) is 5.95 Å². The molecule has 0 radical (unpaired) electrons. The van der Waals surface area contributed by atoms with Crippen molar-refractivity contribution in [3.05, 3.63) is 41.2 Å². The van der Waals surface area contributed by atoms with E-state index in [1.54, 1.807) is 18.1 Å². The zero-order chi connectivity index (χ0) is 15.1. The lowest BCUT2D eigenvalue weighted by molar-refractivity contribution is 0.204. The Morgan fingerprint density at radius 3 is 3.10 bits per heavy atom. The molecule has 21 heavy (non-hydrogen) atoms. The van der Waals surface area contributed by atoms with Crippen molar-refractivity contribution in [1.82, 2.24) is 20.1 Å². The van der Waals surface area contributed by atoms with E-state index in [4.69, 9.17) is 28.6 Å². The third-order valence-corrected chi connectivity index (χ3v) is 3.07. The molecular formula is C13H16ClN5OS. The maximum Gasteiger partial charge on any atom is 0.248 e. The summed E-state index contributed by atoms with van der Waals surface area (Å²) < 4.78 is 6.64. The van der Waals surface area contributed by atoms with Crippen molar-refractivity contribution in [3.63, 3.8) is 0 Å². The smallest absolute Gasteiger partial charge is 0.248 e. The molecule has 0 atom stereocenters. The molecule has 0 fully saturated rings. The molecule has 0 amide bonds. The van der Waals surface area contributed by atoms with Crippen molar-refractivity contribution in [2.24, 2.45) is 0 Å². The van der Waals surface area contributed by atoms with E-state index in [2.05, 4.69) is 20.7 Å². The molecular weight excluding hydrogens is 310 g/mol. The number of benzene rings is 1. The lowest BCUT2D eigenvalue weighted by Crippen LogP contribution is -2.31. The largest absolute Gasteiger partial charge is 0.383 e. The van der Waals surface area contributed by atoms with Gasteiger partial charge in [-0.05, 0) is 29.9 Å². The molecule has 0 aliphatic carbocycles. The molecule has 0 saturated carbocycles. The fourth-order valence-electron chi connectivity index (χ4n) is 1.66. The number of methoxy groups -OCH3 is 1. The Kier molecular flexibility index (Phi) is 5.91. The normalized spacial score (nSPS) is 10.4. The lowest BCUT2D eigenvalue weighted by atomic mass is 10.2. The number of anilines is 1. The quantitative estimate of drug-likeness (QED) is 0.625. The van der Waals surface area contributed by atoms with Crippen molar-refractivity contribution in [2.75, 3.05) is 25.6 Å². The van der Waals surface area contributed by atoms with E-state index in [9.17, 15) is 0 Å². The van der Waals surface area contributed by atoms with Crippen molar-refractivity contribution < 1.29 is 4.74 Å². The number of nitrogens with zero attached hydrogens (tertiary/aromatic N) is 3. The Hall–Kier alpha value is -1.70. The van der Waals surface area contributed by atoms with Crippen LogP contribution in [0.4, 0.5) is 5.95 Å². The van der Waals surface area contributed by atoms with Crippen LogP contribution >= 0.6 is 23.8 Å². The molecule has 1 heterocycles. The molecule has 2 aromatic rings. The maximum atomic E-state index is 5.95. The number of thiocarbonyl (C=S) groups is 1. The fraction of sp³-hybridized carbons (Fsp3) is 0.308. The number of aromatic nitrogens is 3. The summed E-state index contributed by atoms with van der Waals surface area (Å²) in [5.74, 6) is 0.451. The highest BCUT2D eigenvalue weighted by Gasteiger charge is 2.04. The molecule has 2 N–H and O–H groups in total. The molecule has 0 saturated heterocycles. The van der Waals surface area contributed by atoms with E-state index < -0.39 is 0 Å². The summed E-state index contributed by atoms with van der Waals surface area (Å²) in [7, 11) is 1.64. The van der Waals surface area contributed by atoms with Crippen LogP contribution < -0.4 is 10.6 Å². The molecule has 8 heteroatoms. The monoisotopic (exact) mass is 325 g/mol. The van der Waals surface area contributed by atoms with E-state index in [1.165, 1.54) is 0 Å². The Bertz CT molecular complexity index is 604. The van der Waals surface area contributed by atoms with Crippen LogP contribution in [0.15, 0.2) is 30.6 Å². The van der Waals surface area contributed by atoms with Crippen molar-refractivity contribution in [3.8, 4) is 0 Å². The van der Waals surface area contributed by atoms with Gasteiger partial charge < -0.3 is 10.1 Å². The van der Waals surface area contributed by atoms with E-state index in [-0.39, 0.29) is 0 Å². The molecule has 112 valence electrons. The third-order valence-electron chi connectivity index (χ3n) is 2.59. The van der Waals surface area contributed by atoms with Crippen LogP contribution in [0, 0.1) is 0 Å². The average molecular weight is 326 g/mol. The summed E-state index contributed by atoms with van der Waals surface area (Å²) in [6.07, 6.45) is 1.64. The second kappa shape index (κ2) is 7.92. The molecule has 0 unspecified atom stereocenters. The first kappa shape index (κ1) is 15.7. The van der Waals surface area contributed by atoms with Crippen LogP contribution in [0.3, 0.4) is 0 Å². The van der Waals surface area contributed by atoms with Gasteiger partial charge in [0.15, 0.2) is 5.11 Å². The zero-order valence-corrected chi connectivity index (χ0v) is 13.1. The first-order chi connectivity index (χ1) is 10.2. The maximum absolute atomic E-state index is 5.95. The standard InChI is InChI=1S/C13H16ClN5OS/c1-20-6-5-15-13(21)17-12-16-9-19(18-12)8-10-3-2-4-11(14)7-10/h2-4,7,9H,5-6,8H2,1H3,(H2,15,17,18,21). The minimum Gasteiger partial charge on any atom is -0.383 e. The second-order valence-electron chi connectivity index (χ2n) is 4.27. The van der Waals surface area contributed by atoms with Gasteiger partial charge in [-0.15, -0.1) is 5.10 Å². The fourth-order valence-corrected chi connectivity index (χ4v) is 2.07. The predicted molar refractivity (Wildman–Crippen MR) is 86.7 cm³/mol. The van der Waals surface area contributed by atoms with Crippen molar-refractivity contribution in [1.29, 1.82) is 0 Å². The lowest BCUT2D eigenvalue weighted by Gasteiger charge is -2.06. The molecule has 0 bridgehead atoms. The number of hydrogen-bond donors (Lipinski definition) is 2. The number of halogens is 1. The van der Waals surface area contributed by atoms with Gasteiger partial charge >= 0.3 is 0 Å². The minimum absolute atomic E-state index is 0.451. The summed E-state index contributed by atoms with van der Waals surface area (Å²) in [5, 5.41) is 11.4. The number of nitrogens with one attached hydrogen (secondary N) is 2. The first-order valence-electron chi connectivity index (χ1n) is 6.35. The third kappa shape index (κ3) is 5.30. The van der Waals surface area contributed by atoms with Crippen LogP contribution in [0.1, 0.15) is 5.56 Å². The van der Waals surface area contributed by atoms with Gasteiger partial charge in [0.1, 0.15) is 6.33 Å². The SMILES string of the molecule is COCCNC(=S)Nc1ncn(Cc2cccc(Cl)c2)n1. The van der Waals surface area contributed by atoms with Crippen LogP contribution in [0.2, 0.25) is 5.02 Å². The summed E-state index contributed by atoms with van der Waals surface area (Å²) in [5.41, 5.74) is 1.06. The summed E-state index contributed by atoms with van der Waals surface area (Å²) in [6, 6.07) is 7.62. The first-order valence-corrected chi connectivity index (χ1v) is 7.13. The van der Waals surface area contributed by atoms with Gasteiger partial charge in [-0.3, -0.25) is 5.32 Å². The number of hydrogen-bond acceptors (Lipinski definition) is 4. The highest BCUT2D eigenvalue weighted by atomic mass is 35.5. The van der Waals surface area contributed by atoms with Gasteiger partial charge in [-0.25, -0.2) is 9.67 Å². The number of ether oxygens (including phenoxy) is 1. The van der Waals surface area contributed by atoms with E-state index in [1.807, 2.05) is 24.3 Å². The van der Waals surface area contributed by atoms with Gasteiger partial charge in [-0.1, -0.05) is 23.7 Å².